The zero-order valence-corrected chi connectivity index (χ0v) is 17.1. The summed E-state index contributed by atoms with van der Waals surface area (Å²) in [7, 11) is -3.65. The summed E-state index contributed by atoms with van der Waals surface area (Å²) >= 11 is 1.17. The molecule has 1 aromatic rings. The molecule has 1 unspecified atom stereocenters. The minimum atomic E-state index is -3.65. The highest BCUT2D eigenvalue weighted by Gasteiger charge is 2.41. The second-order valence-electron chi connectivity index (χ2n) is 7.05. The smallest absolute Gasteiger partial charge is 0.253 e. The van der Waals surface area contributed by atoms with E-state index in [4.69, 9.17) is 0 Å². The summed E-state index contributed by atoms with van der Waals surface area (Å²) in [6.07, 6.45) is 5.32. The molecule has 27 heavy (non-hydrogen) atoms. The van der Waals surface area contributed by atoms with Crippen LogP contribution in [0.15, 0.2) is 21.7 Å². The third kappa shape index (κ3) is 4.89. The van der Waals surface area contributed by atoms with Crippen molar-refractivity contribution in [3.05, 3.63) is 17.5 Å². The summed E-state index contributed by atoms with van der Waals surface area (Å²) in [4.78, 5) is 26.8. The van der Waals surface area contributed by atoms with Crippen molar-refractivity contribution in [2.24, 2.45) is 0 Å². The topological polar surface area (TPSA) is 86.8 Å². The first-order valence-corrected chi connectivity index (χ1v) is 11.9. The van der Waals surface area contributed by atoms with Crippen LogP contribution in [-0.2, 0) is 19.6 Å². The highest BCUT2D eigenvalue weighted by atomic mass is 32.2. The van der Waals surface area contributed by atoms with E-state index >= 15 is 0 Å². The number of amides is 2. The lowest BCUT2D eigenvalue weighted by Crippen LogP contribution is -2.48. The van der Waals surface area contributed by atoms with Crippen LogP contribution >= 0.6 is 11.3 Å². The van der Waals surface area contributed by atoms with Gasteiger partial charge in [-0.2, -0.15) is 4.31 Å². The summed E-state index contributed by atoms with van der Waals surface area (Å²) in [5.74, 6) is -0.219. The maximum atomic E-state index is 13.2. The van der Waals surface area contributed by atoms with Crippen LogP contribution in [0, 0.1) is 0 Å². The summed E-state index contributed by atoms with van der Waals surface area (Å²) in [5, 5.41) is 4.61. The molecule has 0 spiro atoms. The van der Waals surface area contributed by atoms with E-state index in [1.807, 2.05) is 0 Å². The molecular formula is C18H27N3O4S2. The lowest BCUT2D eigenvalue weighted by molar-refractivity contribution is -0.135. The van der Waals surface area contributed by atoms with Crippen LogP contribution in [-0.4, -0.2) is 61.7 Å². The molecule has 2 amide bonds. The first-order chi connectivity index (χ1) is 13.0. The maximum Gasteiger partial charge on any atom is 0.253 e. The average Bonchev–Trinajstić information content (AvgIpc) is 3.33. The molecule has 1 atom stereocenters. The highest BCUT2D eigenvalue weighted by Crippen LogP contribution is 2.29. The monoisotopic (exact) mass is 413 g/mol. The minimum absolute atomic E-state index is 0.0517. The van der Waals surface area contributed by atoms with Gasteiger partial charge in [-0.25, -0.2) is 8.42 Å². The van der Waals surface area contributed by atoms with Crippen molar-refractivity contribution >= 4 is 33.2 Å². The molecule has 2 fully saturated rings. The van der Waals surface area contributed by atoms with Gasteiger partial charge in [0.1, 0.15) is 10.3 Å². The first-order valence-electron chi connectivity index (χ1n) is 9.61. The van der Waals surface area contributed by atoms with E-state index in [0.29, 0.717) is 39.0 Å². The van der Waals surface area contributed by atoms with Gasteiger partial charge in [-0.1, -0.05) is 18.9 Å². The van der Waals surface area contributed by atoms with Crippen molar-refractivity contribution in [3.63, 3.8) is 0 Å². The summed E-state index contributed by atoms with van der Waals surface area (Å²) in [6, 6.07) is 2.62. The zero-order valence-electron chi connectivity index (χ0n) is 15.4. The number of rotatable bonds is 3. The number of carbonyl (C=O) groups is 2. The van der Waals surface area contributed by atoms with Crippen molar-refractivity contribution in [2.45, 2.75) is 55.2 Å². The van der Waals surface area contributed by atoms with Crippen LogP contribution in [0.4, 0.5) is 0 Å². The van der Waals surface area contributed by atoms with E-state index in [2.05, 4.69) is 5.32 Å². The van der Waals surface area contributed by atoms with Crippen molar-refractivity contribution in [1.82, 2.24) is 14.5 Å². The SMILES string of the molecule is O=C1CCN(C(=O)C2CCCN2S(=O)(=O)c2cccs2)CCCCCCN1. The average molecular weight is 414 g/mol. The van der Waals surface area contributed by atoms with Gasteiger partial charge in [0, 0.05) is 32.6 Å². The predicted octanol–water partition coefficient (Wildman–Crippen LogP) is 1.81. The molecule has 1 aromatic heterocycles. The molecular weight excluding hydrogens is 386 g/mol. The van der Waals surface area contributed by atoms with E-state index in [0.717, 1.165) is 25.7 Å². The van der Waals surface area contributed by atoms with Crippen LogP contribution in [0.1, 0.15) is 44.9 Å². The van der Waals surface area contributed by atoms with Crippen LogP contribution < -0.4 is 5.32 Å². The molecule has 9 heteroatoms. The minimum Gasteiger partial charge on any atom is -0.356 e. The van der Waals surface area contributed by atoms with Crippen molar-refractivity contribution in [3.8, 4) is 0 Å². The van der Waals surface area contributed by atoms with Crippen molar-refractivity contribution in [2.75, 3.05) is 26.2 Å². The van der Waals surface area contributed by atoms with Crippen LogP contribution in [0.25, 0.3) is 0 Å². The molecule has 2 aliphatic heterocycles. The van der Waals surface area contributed by atoms with Gasteiger partial charge in [-0.3, -0.25) is 9.59 Å². The predicted molar refractivity (Wildman–Crippen MR) is 104 cm³/mol. The number of carbonyl (C=O) groups excluding carboxylic acids is 2. The second kappa shape index (κ2) is 9.16. The van der Waals surface area contributed by atoms with Crippen LogP contribution in [0.3, 0.4) is 0 Å². The highest BCUT2D eigenvalue weighted by molar-refractivity contribution is 7.91. The summed E-state index contributed by atoms with van der Waals surface area (Å²) in [6.45, 7) is 1.97. The fraction of sp³-hybridized carbons (Fsp3) is 0.667. The van der Waals surface area contributed by atoms with Crippen molar-refractivity contribution in [1.29, 1.82) is 0 Å². The lowest BCUT2D eigenvalue weighted by atomic mass is 10.1. The molecule has 0 aromatic carbocycles. The number of nitrogens with one attached hydrogen (secondary N) is 1. The number of hydrogen-bond donors (Lipinski definition) is 1. The molecule has 2 saturated heterocycles. The van der Waals surface area contributed by atoms with Gasteiger partial charge < -0.3 is 10.2 Å². The normalized spacial score (nSPS) is 23.6. The molecule has 3 heterocycles. The third-order valence-electron chi connectivity index (χ3n) is 5.14. The van der Waals surface area contributed by atoms with Gasteiger partial charge in [0.25, 0.3) is 10.0 Å². The van der Waals surface area contributed by atoms with E-state index in [1.54, 1.807) is 22.4 Å². The fourth-order valence-corrected chi connectivity index (χ4v) is 6.45. The number of thiophene rings is 1. The van der Waals surface area contributed by atoms with Gasteiger partial charge in [0.15, 0.2) is 0 Å². The Balaban J connectivity index is 1.74. The Morgan fingerprint density at radius 2 is 1.93 bits per heavy atom. The number of hydrogen-bond acceptors (Lipinski definition) is 5. The Bertz CT molecular complexity index is 749. The third-order valence-corrected chi connectivity index (χ3v) is 8.43. The Kier molecular flexibility index (Phi) is 6.88. The van der Waals surface area contributed by atoms with Gasteiger partial charge in [0.2, 0.25) is 11.8 Å². The second-order valence-corrected chi connectivity index (χ2v) is 10.1. The van der Waals surface area contributed by atoms with E-state index in [9.17, 15) is 18.0 Å². The lowest BCUT2D eigenvalue weighted by Gasteiger charge is -2.29. The number of sulfonamides is 1. The first kappa shape index (κ1) is 20.3. The molecule has 0 radical (unpaired) electrons. The van der Waals surface area contributed by atoms with Gasteiger partial charge >= 0.3 is 0 Å². The molecule has 0 aliphatic carbocycles. The van der Waals surface area contributed by atoms with E-state index < -0.39 is 16.1 Å². The zero-order chi connectivity index (χ0) is 19.3. The van der Waals surface area contributed by atoms with Gasteiger partial charge in [-0.15, -0.1) is 11.3 Å². The van der Waals surface area contributed by atoms with Gasteiger partial charge in [0.05, 0.1) is 0 Å². The Labute approximate surface area is 164 Å². The molecule has 3 rings (SSSR count). The molecule has 2 aliphatic rings. The standard InChI is InChI=1S/C18H27N3O4S2/c22-16-9-13-20(11-4-2-1-3-10-19-16)18(23)15-7-5-12-21(15)27(24,25)17-8-6-14-26-17/h6,8,14-15H,1-5,7,9-13H2,(H,19,22). The van der Waals surface area contributed by atoms with Crippen LogP contribution in [0.5, 0.6) is 0 Å². The Morgan fingerprint density at radius 1 is 1.11 bits per heavy atom. The summed E-state index contributed by atoms with van der Waals surface area (Å²) in [5.41, 5.74) is 0. The van der Waals surface area contributed by atoms with Crippen LogP contribution in [0.2, 0.25) is 0 Å². The molecule has 7 nitrogen and oxygen atoms in total. The Hall–Kier alpha value is -1.45. The number of nitrogens with zero attached hydrogens (tertiary/aromatic N) is 2. The van der Waals surface area contributed by atoms with Crippen molar-refractivity contribution < 1.29 is 18.0 Å². The quantitative estimate of drug-likeness (QED) is 0.819. The van der Waals surface area contributed by atoms with E-state index in [-0.39, 0.29) is 22.4 Å². The molecule has 150 valence electrons. The van der Waals surface area contributed by atoms with E-state index in [1.165, 1.54) is 15.6 Å². The van der Waals surface area contributed by atoms with Gasteiger partial charge in [-0.05, 0) is 37.1 Å². The Morgan fingerprint density at radius 3 is 2.70 bits per heavy atom. The summed E-state index contributed by atoms with van der Waals surface area (Å²) < 4.78 is 27.5. The maximum absolute atomic E-state index is 13.2. The molecule has 1 N–H and O–H groups in total. The molecule has 0 bridgehead atoms. The fourth-order valence-electron chi connectivity index (χ4n) is 3.68. The largest absolute Gasteiger partial charge is 0.356 e. The molecule has 0 saturated carbocycles.